The van der Waals surface area contributed by atoms with E-state index in [9.17, 15) is 14.4 Å². The van der Waals surface area contributed by atoms with Gasteiger partial charge < -0.3 is 27.0 Å². The van der Waals surface area contributed by atoms with Crippen LogP contribution in [0.1, 0.15) is 0 Å². The molecule has 0 saturated carbocycles. The molecule has 0 bridgehead atoms. The number of aliphatic carboxylic acids is 2. The van der Waals surface area contributed by atoms with Gasteiger partial charge >= 0.3 is 18.0 Å². The molecule has 0 rings (SSSR count). The Hall–Kier alpha value is -1.13. The summed E-state index contributed by atoms with van der Waals surface area (Å²) in [7, 11) is 2.22. The zero-order valence-corrected chi connectivity index (χ0v) is 10.3. The van der Waals surface area contributed by atoms with Crippen LogP contribution in [0.2, 0.25) is 0 Å². The van der Waals surface area contributed by atoms with Crippen LogP contribution in [-0.4, -0.2) is 51.8 Å². The van der Waals surface area contributed by atoms with Crippen LogP contribution in [0.5, 0.6) is 0 Å². The third-order valence-electron chi connectivity index (χ3n) is 1.50. The Morgan fingerprint density at radius 3 is 2.06 bits per heavy atom. The molecule has 17 heavy (non-hydrogen) atoms. The van der Waals surface area contributed by atoms with Crippen LogP contribution in [0.25, 0.3) is 0 Å². The Bertz CT molecular complexity index is 301. The van der Waals surface area contributed by atoms with Crippen LogP contribution in [0.3, 0.4) is 0 Å². The summed E-state index contributed by atoms with van der Waals surface area (Å²) >= 11 is 0. The molecule has 0 fully saturated rings. The topological polar surface area (TPSA) is 156 Å². The first-order valence-electron chi connectivity index (χ1n) is 4.36. The van der Waals surface area contributed by atoms with Crippen molar-refractivity contribution in [2.24, 2.45) is 11.5 Å². The monoisotopic (exact) mass is 283 g/mol. The molecule has 0 spiro atoms. The molecule has 0 aromatic heterocycles. The van der Waals surface area contributed by atoms with E-state index in [4.69, 9.17) is 21.7 Å². The summed E-state index contributed by atoms with van der Waals surface area (Å²) in [6.45, 7) is 0. The van der Waals surface area contributed by atoms with Crippen molar-refractivity contribution in [2.75, 3.05) is 11.5 Å². The van der Waals surface area contributed by atoms with Gasteiger partial charge in [0.05, 0.1) is 0 Å². The summed E-state index contributed by atoms with van der Waals surface area (Å²) in [5.74, 6) is -2.12. The van der Waals surface area contributed by atoms with Gasteiger partial charge in [-0.1, -0.05) is 21.6 Å². The largest absolute Gasteiger partial charge is 0.480 e. The highest BCUT2D eigenvalue weighted by molar-refractivity contribution is 8.76. The van der Waals surface area contributed by atoms with Crippen molar-refractivity contribution in [3.05, 3.63) is 0 Å². The minimum Gasteiger partial charge on any atom is -0.480 e. The molecule has 98 valence electrons. The summed E-state index contributed by atoms with van der Waals surface area (Å²) in [5, 5.41) is 19.2. The zero-order chi connectivity index (χ0) is 13.4. The number of amides is 2. The van der Waals surface area contributed by atoms with Gasteiger partial charge in [-0.2, -0.15) is 0 Å². The fraction of sp³-hybridized carbons (Fsp3) is 0.571. The quantitative estimate of drug-likeness (QED) is 0.277. The molecule has 0 heterocycles. The van der Waals surface area contributed by atoms with E-state index >= 15 is 0 Å². The number of nitrogens with two attached hydrogens (primary N) is 2. The Morgan fingerprint density at radius 2 is 1.65 bits per heavy atom. The molecule has 0 radical (unpaired) electrons. The number of carboxylic acid groups (broad SMARTS) is 2. The maximum Gasteiger partial charge on any atom is 0.327 e. The molecular weight excluding hydrogens is 270 g/mol. The van der Waals surface area contributed by atoms with E-state index in [0.29, 0.717) is 0 Å². The van der Waals surface area contributed by atoms with E-state index in [2.05, 4.69) is 0 Å². The standard InChI is InChI=1S/C7H13N3O5S2/c8-3(5(11)12)1-16-17-2-4(6(13)14)10-7(9)15/h3-4H,1-2,8H2,(H,11,12)(H,13,14)(H3,9,10,15)/t3?,4-/m0/s1. The van der Waals surface area contributed by atoms with Gasteiger partial charge in [-0.15, -0.1) is 0 Å². The first kappa shape index (κ1) is 15.9. The van der Waals surface area contributed by atoms with Gasteiger partial charge in [-0.3, -0.25) is 4.79 Å². The number of nitrogens with one attached hydrogen (secondary N) is 1. The normalized spacial score (nSPS) is 13.7. The zero-order valence-electron chi connectivity index (χ0n) is 8.66. The van der Waals surface area contributed by atoms with Crippen molar-refractivity contribution in [1.29, 1.82) is 0 Å². The van der Waals surface area contributed by atoms with Gasteiger partial charge in [0.25, 0.3) is 0 Å². The van der Waals surface area contributed by atoms with Crippen molar-refractivity contribution in [1.82, 2.24) is 5.32 Å². The highest BCUT2D eigenvalue weighted by atomic mass is 33.1. The van der Waals surface area contributed by atoms with E-state index in [0.717, 1.165) is 21.6 Å². The molecule has 1 unspecified atom stereocenters. The number of rotatable bonds is 8. The highest BCUT2D eigenvalue weighted by Gasteiger charge is 2.19. The van der Waals surface area contributed by atoms with Gasteiger partial charge in [0.2, 0.25) is 0 Å². The van der Waals surface area contributed by atoms with E-state index in [1.165, 1.54) is 0 Å². The van der Waals surface area contributed by atoms with Gasteiger partial charge in [-0.05, 0) is 0 Å². The minimum absolute atomic E-state index is 0.0648. The predicted octanol–water partition coefficient (Wildman–Crippen LogP) is -1.10. The Kier molecular flexibility index (Phi) is 7.50. The van der Waals surface area contributed by atoms with Crippen molar-refractivity contribution in [3.8, 4) is 0 Å². The molecule has 0 aliphatic rings. The van der Waals surface area contributed by atoms with E-state index < -0.39 is 30.1 Å². The van der Waals surface area contributed by atoms with Crippen molar-refractivity contribution >= 4 is 39.6 Å². The molecule has 0 aromatic carbocycles. The van der Waals surface area contributed by atoms with Crippen LogP contribution in [0, 0.1) is 0 Å². The maximum atomic E-state index is 10.7. The minimum atomic E-state index is -1.21. The summed E-state index contributed by atoms with van der Waals surface area (Å²) in [6, 6.07) is -3.03. The van der Waals surface area contributed by atoms with Crippen molar-refractivity contribution in [3.63, 3.8) is 0 Å². The number of hydrogen-bond donors (Lipinski definition) is 5. The Morgan fingerprint density at radius 1 is 1.12 bits per heavy atom. The van der Waals surface area contributed by atoms with Crippen LogP contribution in [-0.2, 0) is 9.59 Å². The van der Waals surface area contributed by atoms with Gasteiger partial charge in [-0.25, -0.2) is 9.59 Å². The number of primary amides is 1. The lowest BCUT2D eigenvalue weighted by atomic mass is 10.3. The lowest BCUT2D eigenvalue weighted by Gasteiger charge is -2.12. The summed E-state index contributed by atoms with van der Waals surface area (Å²) < 4.78 is 0. The lowest BCUT2D eigenvalue weighted by Crippen LogP contribution is -2.45. The van der Waals surface area contributed by atoms with Crippen molar-refractivity contribution in [2.45, 2.75) is 12.1 Å². The van der Waals surface area contributed by atoms with Gasteiger partial charge in [0, 0.05) is 11.5 Å². The smallest absolute Gasteiger partial charge is 0.327 e. The second-order valence-corrected chi connectivity index (χ2v) is 5.47. The van der Waals surface area contributed by atoms with Crippen LogP contribution < -0.4 is 16.8 Å². The summed E-state index contributed by atoms with van der Waals surface area (Å²) in [5.41, 5.74) is 10.0. The first-order valence-corrected chi connectivity index (χ1v) is 6.85. The molecular formula is C7H13N3O5S2. The molecule has 0 aromatic rings. The molecule has 2 atom stereocenters. The van der Waals surface area contributed by atoms with E-state index in [1.54, 1.807) is 0 Å². The number of carbonyl (C=O) groups is 3. The number of carbonyl (C=O) groups excluding carboxylic acids is 1. The van der Waals surface area contributed by atoms with Crippen LogP contribution in [0.4, 0.5) is 4.79 Å². The molecule has 7 N–H and O–H groups in total. The lowest BCUT2D eigenvalue weighted by molar-refractivity contribution is -0.139. The average Bonchev–Trinajstić information content (AvgIpc) is 2.21. The molecule has 0 aliphatic carbocycles. The SMILES string of the molecule is NC(=O)N[C@@H](CSSCC(N)C(=O)O)C(=O)O. The third-order valence-corrected chi connectivity index (χ3v) is 3.95. The Balaban J connectivity index is 3.87. The second kappa shape index (κ2) is 8.03. The summed E-state index contributed by atoms with van der Waals surface area (Å²) in [4.78, 5) is 31.5. The van der Waals surface area contributed by atoms with Gasteiger partial charge in [0.1, 0.15) is 12.1 Å². The maximum absolute atomic E-state index is 10.7. The third kappa shape index (κ3) is 7.71. The molecule has 10 heteroatoms. The molecule has 0 saturated heterocycles. The predicted molar refractivity (Wildman–Crippen MR) is 64.7 cm³/mol. The fourth-order valence-corrected chi connectivity index (χ4v) is 2.92. The molecule has 0 aliphatic heterocycles. The van der Waals surface area contributed by atoms with Gasteiger partial charge in [0.15, 0.2) is 0 Å². The average molecular weight is 283 g/mol. The number of carboxylic acids is 2. The molecule has 8 nitrogen and oxygen atoms in total. The van der Waals surface area contributed by atoms with Crippen molar-refractivity contribution < 1.29 is 24.6 Å². The first-order chi connectivity index (χ1) is 7.84. The number of urea groups is 1. The second-order valence-electron chi connectivity index (χ2n) is 2.91. The Labute approximate surface area is 105 Å². The van der Waals surface area contributed by atoms with E-state index in [-0.39, 0.29) is 11.5 Å². The highest BCUT2D eigenvalue weighted by Crippen LogP contribution is 2.22. The van der Waals surface area contributed by atoms with E-state index in [1.807, 2.05) is 5.32 Å². The van der Waals surface area contributed by atoms with Crippen LogP contribution in [0.15, 0.2) is 0 Å². The summed E-state index contributed by atoms with van der Waals surface area (Å²) in [6.07, 6.45) is 0. The molecule has 2 amide bonds. The van der Waals surface area contributed by atoms with Crippen LogP contribution >= 0.6 is 21.6 Å². The number of hydrogen-bond acceptors (Lipinski definition) is 6. The fourth-order valence-electron chi connectivity index (χ4n) is 0.655.